The molecule has 0 spiro atoms. The molecule has 0 aliphatic carbocycles. The predicted molar refractivity (Wildman–Crippen MR) is 123 cm³/mol. The summed E-state index contributed by atoms with van der Waals surface area (Å²) in [5.41, 5.74) is 3.26. The molecule has 2 heterocycles. The summed E-state index contributed by atoms with van der Waals surface area (Å²) in [7, 11) is 1.66. The summed E-state index contributed by atoms with van der Waals surface area (Å²) in [6, 6.07) is 19.0. The van der Waals surface area contributed by atoms with Crippen molar-refractivity contribution in [2.45, 2.75) is 13.5 Å². The van der Waals surface area contributed by atoms with Crippen molar-refractivity contribution in [3.05, 3.63) is 84.2 Å². The van der Waals surface area contributed by atoms with Gasteiger partial charge in [0.05, 0.1) is 18.5 Å². The van der Waals surface area contributed by atoms with Crippen LogP contribution < -0.4 is 4.74 Å². The average Bonchev–Trinajstić information content (AvgIpc) is 3.28. The van der Waals surface area contributed by atoms with Crippen LogP contribution in [0.5, 0.6) is 5.75 Å². The van der Waals surface area contributed by atoms with Gasteiger partial charge in [-0.2, -0.15) is 5.10 Å². The van der Waals surface area contributed by atoms with Crippen LogP contribution >= 0.6 is 0 Å². The Morgan fingerprint density at radius 3 is 2.52 bits per heavy atom. The van der Waals surface area contributed by atoms with Crippen molar-refractivity contribution in [1.29, 1.82) is 0 Å². The molecule has 2 aromatic heterocycles. The molecule has 4 aromatic rings. The highest BCUT2D eigenvalue weighted by Gasteiger charge is 2.19. The number of likely N-dealkylation sites (N-methyl/N-ethyl adjacent to an activating group) is 1. The molecule has 0 unspecified atom stereocenters. The van der Waals surface area contributed by atoms with Crippen molar-refractivity contribution in [1.82, 2.24) is 19.5 Å². The largest absolute Gasteiger partial charge is 0.494 e. The Labute approximate surface area is 191 Å². The van der Waals surface area contributed by atoms with Crippen molar-refractivity contribution in [3.8, 4) is 17.0 Å². The lowest BCUT2D eigenvalue weighted by Crippen LogP contribution is -2.30. The van der Waals surface area contributed by atoms with Crippen molar-refractivity contribution in [3.63, 3.8) is 0 Å². The monoisotopic (exact) mass is 444 g/mol. The van der Waals surface area contributed by atoms with E-state index in [1.54, 1.807) is 17.8 Å². The van der Waals surface area contributed by atoms with Gasteiger partial charge in [0, 0.05) is 25.4 Å². The molecular formula is C25H24N4O4. The standard InChI is InChI=1S/C25H24N4O4/c1-3-32-20-11-9-18(10-12-20)16-28(2)23(30)17-33-25(31)21-15-27-29-22(13-14-26-24(21)29)19-7-5-4-6-8-19/h4-15H,3,16-17H2,1-2H3. The van der Waals surface area contributed by atoms with Crippen LogP contribution in [0.2, 0.25) is 0 Å². The number of carbonyl (C=O) groups is 2. The van der Waals surface area contributed by atoms with Gasteiger partial charge in [-0.3, -0.25) is 4.79 Å². The van der Waals surface area contributed by atoms with Gasteiger partial charge >= 0.3 is 5.97 Å². The van der Waals surface area contributed by atoms with E-state index < -0.39 is 5.97 Å². The molecule has 168 valence electrons. The van der Waals surface area contributed by atoms with Crippen LogP contribution in [0.3, 0.4) is 0 Å². The highest BCUT2D eigenvalue weighted by Crippen LogP contribution is 2.21. The first-order valence-corrected chi connectivity index (χ1v) is 10.6. The van der Waals surface area contributed by atoms with Crippen molar-refractivity contribution in [2.75, 3.05) is 20.3 Å². The molecule has 0 aliphatic heterocycles. The normalized spacial score (nSPS) is 10.7. The number of esters is 1. The third kappa shape index (κ3) is 5.01. The number of ether oxygens (including phenoxy) is 2. The van der Waals surface area contributed by atoms with Gasteiger partial charge in [-0.25, -0.2) is 14.3 Å². The van der Waals surface area contributed by atoms with Gasteiger partial charge in [0.1, 0.15) is 11.3 Å². The maximum atomic E-state index is 12.7. The van der Waals surface area contributed by atoms with Gasteiger partial charge in [-0.05, 0) is 30.7 Å². The van der Waals surface area contributed by atoms with Gasteiger partial charge < -0.3 is 14.4 Å². The number of carbonyl (C=O) groups excluding carboxylic acids is 2. The van der Waals surface area contributed by atoms with E-state index in [1.807, 2.05) is 67.6 Å². The molecule has 0 bridgehead atoms. The van der Waals surface area contributed by atoms with E-state index in [4.69, 9.17) is 9.47 Å². The van der Waals surface area contributed by atoms with E-state index in [0.29, 0.717) is 18.8 Å². The van der Waals surface area contributed by atoms with E-state index in [-0.39, 0.29) is 18.1 Å². The Hall–Kier alpha value is -4.20. The fourth-order valence-electron chi connectivity index (χ4n) is 3.40. The van der Waals surface area contributed by atoms with Crippen LogP contribution in [0.15, 0.2) is 73.1 Å². The number of fused-ring (bicyclic) bond motifs is 1. The summed E-state index contributed by atoms with van der Waals surface area (Å²) in [6.07, 6.45) is 3.02. The molecule has 0 saturated heterocycles. The Balaban J connectivity index is 1.40. The van der Waals surface area contributed by atoms with Crippen LogP contribution in [-0.2, 0) is 16.1 Å². The molecule has 0 N–H and O–H groups in total. The summed E-state index contributed by atoms with van der Waals surface area (Å²) < 4.78 is 12.3. The van der Waals surface area contributed by atoms with E-state index in [0.717, 1.165) is 22.6 Å². The molecule has 0 radical (unpaired) electrons. The van der Waals surface area contributed by atoms with Gasteiger partial charge in [-0.1, -0.05) is 42.5 Å². The van der Waals surface area contributed by atoms with E-state index >= 15 is 0 Å². The Bertz CT molecular complexity index is 1250. The second-order valence-electron chi connectivity index (χ2n) is 7.39. The molecular weight excluding hydrogens is 420 g/mol. The van der Waals surface area contributed by atoms with Crippen LogP contribution in [0.4, 0.5) is 0 Å². The van der Waals surface area contributed by atoms with Gasteiger partial charge in [0.15, 0.2) is 12.3 Å². The molecule has 8 nitrogen and oxygen atoms in total. The number of hydrogen-bond donors (Lipinski definition) is 0. The van der Waals surface area contributed by atoms with Gasteiger partial charge in [0.25, 0.3) is 5.91 Å². The average molecular weight is 444 g/mol. The quantitative estimate of drug-likeness (QED) is 0.386. The van der Waals surface area contributed by atoms with E-state index in [9.17, 15) is 9.59 Å². The first-order valence-electron chi connectivity index (χ1n) is 10.6. The van der Waals surface area contributed by atoms with E-state index in [2.05, 4.69) is 10.1 Å². The number of aromatic nitrogens is 3. The second kappa shape index (κ2) is 9.95. The number of nitrogens with zero attached hydrogens (tertiary/aromatic N) is 4. The number of amides is 1. The first-order chi connectivity index (χ1) is 16.1. The van der Waals surface area contributed by atoms with Crippen molar-refractivity contribution < 1.29 is 19.1 Å². The summed E-state index contributed by atoms with van der Waals surface area (Å²) in [5, 5.41) is 4.30. The fraction of sp³-hybridized carbons (Fsp3) is 0.200. The maximum absolute atomic E-state index is 12.7. The Morgan fingerprint density at radius 2 is 1.79 bits per heavy atom. The maximum Gasteiger partial charge on any atom is 0.344 e. The molecule has 8 heteroatoms. The van der Waals surface area contributed by atoms with Crippen LogP contribution in [0, 0.1) is 0 Å². The molecule has 2 aromatic carbocycles. The topological polar surface area (TPSA) is 86.0 Å². The first kappa shape index (κ1) is 22.0. The summed E-state index contributed by atoms with van der Waals surface area (Å²) in [5.74, 6) is -0.182. The minimum atomic E-state index is -0.648. The molecule has 0 atom stereocenters. The Kier molecular flexibility index (Phi) is 6.64. The lowest BCUT2D eigenvalue weighted by Gasteiger charge is -2.17. The van der Waals surface area contributed by atoms with Gasteiger partial charge in [-0.15, -0.1) is 0 Å². The van der Waals surface area contributed by atoms with Crippen molar-refractivity contribution in [2.24, 2.45) is 0 Å². The number of benzene rings is 2. The lowest BCUT2D eigenvalue weighted by atomic mass is 10.1. The minimum Gasteiger partial charge on any atom is -0.494 e. The summed E-state index contributed by atoms with van der Waals surface area (Å²) in [6.45, 7) is 2.54. The smallest absolute Gasteiger partial charge is 0.344 e. The van der Waals surface area contributed by atoms with Crippen LogP contribution in [0.25, 0.3) is 16.9 Å². The third-order valence-electron chi connectivity index (χ3n) is 5.10. The van der Waals surface area contributed by atoms with Gasteiger partial charge in [0.2, 0.25) is 0 Å². The Morgan fingerprint density at radius 1 is 1.03 bits per heavy atom. The molecule has 4 rings (SSSR count). The number of rotatable bonds is 8. The SMILES string of the molecule is CCOc1ccc(CN(C)C(=O)COC(=O)c2cnn3c(-c4ccccc4)ccnc23)cc1. The third-order valence-corrected chi connectivity index (χ3v) is 5.10. The summed E-state index contributed by atoms with van der Waals surface area (Å²) >= 11 is 0. The van der Waals surface area contributed by atoms with Crippen LogP contribution in [-0.4, -0.2) is 51.6 Å². The lowest BCUT2D eigenvalue weighted by molar-refractivity contribution is -0.133. The molecule has 0 saturated carbocycles. The zero-order chi connectivity index (χ0) is 23.2. The highest BCUT2D eigenvalue weighted by atomic mass is 16.5. The minimum absolute atomic E-state index is 0.203. The predicted octanol–water partition coefficient (Wildman–Crippen LogP) is 3.61. The van der Waals surface area contributed by atoms with Crippen LogP contribution in [0.1, 0.15) is 22.8 Å². The second-order valence-corrected chi connectivity index (χ2v) is 7.39. The number of hydrogen-bond acceptors (Lipinski definition) is 6. The molecule has 0 fully saturated rings. The fourth-order valence-corrected chi connectivity index (χ4v) is 3.40. The molecule has 0 aliphatic rings. The zero-order valence-electron chi connectivity index (χ0n) is 18.5. The van der Waals surface area contributed by atoms with Crippen molar-refractivity contribution >= 4 is 17.5 Å². The molecule has 1 amide bonds. The molecule has 33 heavy (non-hydrogen) atoms. The van der Waals surface area contributed by atoms with E-state index in [1.165, 1.54) is 11.1 Å². The zero-order valence-corrected chi connectivity index (χ0v) is 18.5. The summed E-state index contributed by atoms with van der Waals surface area (Å²) in [4.78, 5) is 30.9. The highest BCUT2D eigenvalue weighted by molar-refractivity contribution is 5.97.